The maximum absolute atomic E-state index is 11.2. The number of sulfone groups is 1. The Hall–Kier alpha value is -0.570. The number of hydrogen-bond donors (Lipinski definition) is 3. The van der Waals surface area contributed by atoms with Gasteiger partial charge in [-0.2, -0.15) is 4.98 Å². The van der Waals surface area contributed by atoms with Crippen molar-refractivity contribution in [2.75, 3.05) is 17.7 Å². The molecule has 0 fully saturated rings. The van der Waals surface area contributed by atoms with E-state index in [1.54, 1.807) is 0 Å². The molecule has 0 saturated heterocycles. The number of nitrogen functional groups attached to an aromatic ring is 1. The van der Waals surface area contributed by atoms with Gasteiger partial charge in [0.15, 0.2) is 0 Å². The molecule has 9 heteroatoms. The molecule has 7 nitrogen and oxygen atoms in total. The predicted molar refractivity (Wildman–Crippen MR) is 60.1 cm³/mol. The molecule has 1 rings (SSSR count). The van der Waals surface area contributed by atoms with Crippen molar-refractivity contribution in [1.82, 2.24) is 9.97 Å². The molecule has 0 saturated carbocycles. The van der Waals surface area contributed by atoms with Crippen LogP contribution in [0.3, 0.4) is 0 Å². The molecule has 1 radical (unpaired) electrons. The first kappa shape index (κ1) is 15.4. The molecule has 16 heavy (non-hydrogen) atoms. The number of nitrogens with one attached hydrogen (secondary N) is 1. The summed E-state index contributed by atoms with van der Waals surface area (Å²) in [5, 5.41) is 9.26. The van der Waals surface area contributed by atoms with Crippen LogP contribution in [0.1, 0.15) is 5.56 Å². The molecule has 0 aromatic carbocycles. The van der Waals surface area contributed by atoms with Gasteiger partial charge in [0.25, 0.3) is 5.56 Å². The van der Waals surface area contributed by atoms with Gasteiger partial charge in [-0.3, -0.25) is 9.78 Å². The van der Waals surface area contributed by atoms with Gasteiger partial charge in [0.05, 0.1) is 11.3 Å². The van der Waals surface area contributed by atoms with E-state index in [1.807, 2.05) is 0 Å². The molecule has 0 amide bonds. The Balaban J connectivity index is 0.00000225. The molecule has 1 heterocycles. The van der Waals surface area contributed by atoms with Crippen molar-refractivity contribution in [1.29, 1.82) is 0 Å². The van der Waals surface area contributed by atoms with Gasteiger partial charge in [0.2, 0.25) is 11.8 Å². The van der Waals surface area contributed by atoms with Crippen LogP contribution in [0.2, 0.25) is 0 Å². The number of nitrogens with zero attached hydrogens (tertiary/aromatic N) is 1. The van der Waals surface area contributed by atoms with Gasteiger partial charge in [-0.25, -0.2) is 8.42 Å². The molecule has 1 aromatic rings. The molecule has 1 aromatic heterocycles. The van der Waals surface area contributed by atoms with Gasteiger partial charge < -0.3 is 10.8 Å². The van der Waals surface area contributed by atoms with Crippen LogP contribution in [0.25, 0.3) is 0 Å². The molecule has 0 spiro atoms. The first-order valence-electron chi connectivity index (χ1n) is 4.05. The quantitative estimate of drug-likeness (QED) is 0.551. The van der Waals surface area contributed by atoms with E-state index in [1.165, 1.54) is 0 Å². The summed E-state index contributed by atoms with van der Waals surface area (Å²) >= 11 is 0. The van der Waals surface area contributed by atoms with Crippen molar-refractivity contribution >= 4 is 45.3 Å². The zero-order valence-electron chi connectivity index (χ0n) is 9.02. The summed E-state index contributed by atoms with van der Waals surface area (Å²) in [6.07, 6.45) is 0.955. The van der Waals surface area contributed by atoms with E-state index in [4.69, 9.17) is 5.73 Å². The zero-order valence-corrected chi connectivity index (χ0v) is 11.8. The van der Waals surface area contributed by atoms with Crippen molar-refractivity contribution in [3.8, 4) is 5.88 Å². The van der Waals surface area contributed by atoms with Crippen LogP contribution in [-0.2, 0) is 16.3 Å². The summed E-state index contributed by atoms with van der Waals surface area (Å²) in [7, 11) is -3.19. The fraction of sp³-hybridized carbons (Fsp3) is 0.429. The van der Waals surface area contributed by atoms with Gasteiger partial charge >= 0.3 is 0 Å². The smallest absolute Gasteiger partial charge is 0.259 e. The Morgan fingerprint density at radius 2 is 2.06 bits per heavy atom. The largest absolute Gasteiger partial charge is 0.493 e. The van der Waals surface area contributed by atoms with Crippen LogP contribution >= 0.6 is 0 Å². The van der Waals surface area contributed by atoms with Crippen LogP contribution in [0.15, 0.2) is 4.79 Å². The van der Waals surface area contributed by atoms with E-state index in [9.17, 15) is 18.3 Å². The minimum absolute atomic E-state index is 0. The number of aromatic hydroxyl groups is 1. The standard InChI is InChI=1S/C7H11N3O4S.Na/c1-15(13,14)3-2-4-5(11)9-7(8)10-6(4)12;/h2-3H2,1H3,(H4,8,9,10,11,12);. The fourth-order valence-electron chi connectivity index (χ4n) is 1.02. The van der Waals surface area contributed by atoms with Gasteiger partial charge in [0.1, 0.15) is 9.84 Å². The minimum Gasteiger partial charge on any atom is -0.493 e. The number of H-pyrrole nitrogens is 1. The number of aromatic amines is 1. The molecule has 0 aliphatic heterocycles. The van der Waals surface area contributed by atoms with Crippen molar-refractivity contribution in [2.24, 2.45) is 0 Å². The van der Waals surface area contributed by atoms with Gasteiger partial charge in [0, 0.05) is 35.8 Å². The normalized spacial score (nSPS) is 10.8. The maximum atomic E-state index is 11.2. The van der Waals surface area contributed by atoms with E-state index in [-0.39, 0.29) is 53.2 Å². The monoisotopic (exact) mass is 256 g/mol. The van der Waals surface area contributed by atoms with Crippen LogP contribution in [-0.4, -0.2) is 65.1 Å². The summed E-state index contributed by atoms with van der Waals surface area (Å²) < 4.78 is 21.7. The SMILES string of the molecule is CS(=O)(=O)CCc1c(O)nc(N)[nH]c1=O.[Na]. The molecule has 0 aliphatic rings. The second kappa shape index (κ2) is 5.67. The summed E-state index contributed by atoms with van der Waals surface area (Å²) in [4.78, 5) is 16.8. The average molecular weight is 256 g/mol. The molecule has 0 unspecified atom stereocenters. The summed E-state index contributed by atoms with van der Waals surface area (Å²) in [6, 6.07) is 0. The Labute approximate surface area is 114 Å². The Kier molecular flexibility index (Phi) is 5.47. The van der Waals surface area contributed by atoms with Crippen LogP contribution < -0.4 is 11.3 Å². The van der Waals surface area contributed by atoms with Gasteiger partial charge in [-0.1, -0.05) is 0 Å². The molecule has 0 bridgehead atoms. The first-order valence-corrected chi connectivity index (χ1v) is 6.11. The molecule has 4 N–H and O–H groups in total. The van der Waals surface area contributed by atoms with E-state index in [0.717, 1.165) is 6.26 Å². The number of rotatable bonds is 3. The van der Waals surface area contributed by atoms with E-state index >= 15 is 0 Å². The molecule has 0 aliphatic carbocycles. The topological polar surface area (TPSA) is 126 Å². The minimum atomic E-state index is -3.19. The third kappa shape index (κ3) is 4.52. The Morgan fingerprint density at radius 3 is 2.50 bits per heavy atom. The zero-order chi connectivity index (χ0) is 11.6. The molecular weight excluding hydrogens is 245 g/mol. The Morgan fingerprint density at radius 1 is 1.50 bits per heavy atom. The number of hydrogen-bond acceptors (Lipinski definition) is 6. The average Bonchev–Trinajstić information content (AvgIpc) is 1.99. The second-order valence-electron chi connectivity index (χ2n) is 3.13. The second-order valence-corrected chi connectivity index (χ2v) is 5.39. The molecule has 0 atom stereocenters. The fourth-order valence-corrected chi connectivity index (χ4v) is 1.59. The summed E-state index contributed by atoms with van der Waals surface area (Å²) in [6.45, 7) is 0. The maximum Gasteiger partial charge on any atom is 0.259 e. The Bertz CT molecular complexity index is 525. The van der Waals surface area contributed by atoms with Gasteiger partial charge in [-0.15, -0.1) is 0 Å². The molecular formula is C7H11N3NaO4S. The van der Waals surface area contributed by atoms with Crippen LogP contribution in [0, 0.1) is 0 Å². The van der Waals surface area contributed by atoms with Crippen molar-refractivity contribution in [2.45, 2.75) is 6.42 Å². The third-order valence-electron chi connectivity index (χ3n) is 1.73. The van der Waals surface area contributed by atoms with E-state index in [2.05, 4.69) is 9.97 Å². The van der Waals surface area contributed by atoms with E-state index in [0.29, 0.717) is 0 Å². The first-order chi connectivity index (χ1) is 6.79. The van der Waals surface area contributed by atoms with Gasteiger partial charge in [-0.05, 0) is 6.42 Å². The number of nitrogens with two attached hydrogens (primary N) is 1. The van der Waals surface area contributed by atoms with Crippen molar-refractivity contribution < 1.29 is 13.5 Å². The van der Waals surface area contributed by atoms with Crippen LogP contribution in [0.4, 0.5) is 5.95 Å². The number of anilines is 1. The predicted octanol–water partition coefficient (Wildman–Crippen LogP) is -1.74. The van der Waals surface area contributed by atoms with E-state index < -0.39 is 21.3 Å². The molecule has 85 valence electrons. The summed E-state index contributed by atoms with van der Waals surface area (Å²) in [5.74, 6) is -0.963. The van der Waals surface area contributed by atoms with Crippen LogP contribution in [0.5, 0.6) is 5.88 Å². The van der Waals surface area contributed by atoms with Crippen molar-refractivity contribution in [3.63, 3.8) is 0 Å². The third-order valence-corrected chi connectivity index (χ3v) is 2.68. The number of aromatic nitrogens is 2. The summed E-state index contributed by atoms with van der Waals surface area (Å²) in [5.41, 5.74) is 4.47. The van der Waals surface area contributed by atoms with Crippen molar-refractivity contribution in [3.05, 3.63) is 15.9 Å².